The van der Waals surface area contributed by atoms with Gasteiger partial charge in [0.25, 0.3) is 0 Å². The summed E-state index contributed by atoms with van der Waals surface area (Å²) in [6.07, 6.45) is 0.899. The van der Waals surface area contributed by atoms with Crippen LogP contribution in [0.5, 0.6) is 0 Å². The van der Waals surface area contributed by atoms with Crippen molar-refractivity contribution in [2.75, 3.05) is 11.9 Å². The van der Waals surface area contributed by atoms with E-state index in [1.807, 2.05) is 13.8 Å². The first-order valence-corrected chi connectivity index (χ1v) is 8.56. The minimum Gasteiger partial charge on any atom is -0.211 e. The highest BCUT2D eigenvalue weighted by Crippen LogP contribution is 2.21. The van der Waals surface area contributed by atoms with Crippen molar-refractivity contribution in [2.24, 2.45) is 5.41 Å². The van der Waals surface area contributed by atoms with Crippen LogP contribution in [-0.4, -0.2) is 20.3 Å². The lowest BCUT2D eigenvalue weighted by atomic mass is 9.91. The van der Waals surface area contributed by atoms with Crippen molar-refractivity contribution in [1.82, 2.24) is 4.72 Å². The first-order valence-electron chi connectivity index (χ1n) is 5.58. The van der Waals surface area contributed by atoms with Crippen LogP contribution in [0.1, 0.15) is 20.3 Å². The summed E-state index contributed by atoms with van der Waals surface area (Å²) >= 11 is 9.10. The van der Waals surface area contributed by atoms with Gasteiger partial charge in [0.05, 0.1) is 4.90 Å². The largest absolute Gasteiger partial charge is 0.240 e. The topological polar surface area (TPSA) is 46.2 Å². The molecule has 0 atom stereocenters. The minimum atomic E-state index is -3.45. The normalized spacial score (nSPS) is 12.7. The van der Waals surface area contributed by atoms with Crippen LogP contribution in [0.2, 0.25) is 5.02 Å². The summed E-state index contributed by atoms with van der Waals surface area (Å²) in [5, 5.41) is 1.37. The predicted molar refractivity (Wildman–Crippen MR) is 78.8 cm³/mol. The number of rotatable bonds is 6. The Morgan fingerprint density at radius 3 is 2.33 bits per heavy atom. The van der Waals surface area contributed by atoms with Gasteiger partial charge in [0.1, 0.15) is 0 Å². The molecule has 0 bridgehead atoms. The van der Waals surface area contributed by atoms with Crippen molar-refractivity contribution in [2.45, 2.75) is 25.2 Å². The Labute approximate surface area is 122 Å². The van der Waals surface area contributed by atoms with Gasteiger partial charge in [0, 0.05) is 16.9 Å². The number of benzene rings is 1. The summed E-state index contributed by atoms with van der Waals surface area (Å²) in [6.45, 7) is 4.46. The van der Waals surface area contributed by atoms with E-state index in [9.17, 15) is 8.42 Å². The van der Waals surface area contributed by atoms with Crippen LogP contribution in [0.4, 0.5) is 0 Å². The second kappa shape index (κ2) is 6.37. The van der Waals surface area contributed by atoms with E-state index in [1.165, 1.54) is 12.1 Å². The minimum absolute atomic E-state index is 0.0804. The molecule has 0 aliphatic carbocycles. The Morgan fingerprint density at radius 2 is 1.83 bits per heavy atom. The molecule has 3 nitrogen and oxygen atoms in total. The number of alkyl halides is 1. The van der Waals surface area contributed by atoms with E-state index in [0.717, 1.165) is 11.8 Å². The van der Waals surface area contributed by atoms with Crippen molar-refractivity contribution >= 4 is 37.6 Å². The molecule has 1 aromatic carbocycles. The molecule has 1 rings (SSSR count). The van der Waals surface area contributed by atoms with Crippen molar-refractivity contribution in [1.29, 1.82) is 0 Å². The first kappa shape index (κ1) is 16.0. The molecule has 0 saturated carbocycles. The molecular weight excluding hydrogens is 338 g/mol. The predicted octanol–water partition coefficient (Wildman–Crippen LogP) is 3.43. The molecule has 0 unspecified atom stereocenters. The number of hydrogen-bond acceptors (Lipinski definition) is 2. The van der Waals surface area contributed by atoms with E-state index in [4.69, 9.17) is 11.6 Å². The Bertz CT molecular complexity index is 485. The summed E-state index contributed by atoms with van der Waals surface area (Å²) in [4.78, 5) is 0.238. The molecule has 0 spiro atoms. The fraction of sp³-hybridized carbons (Fsp3) is 0.500. The average molecular weight is 355 g/mol. The fourth-order valence-electron chi connectivity index (χ4n) is 1.33. The zero-order valence-electron chi connectivity index (χ0n) is 10.4. The van der Waals surface area contributed by atoms with E-state index in [0.29, 0.717) is 11.6 Å². The van der Waals surface area contributed by atoms with Crippen molar-refractivity contribution < 1.29 is 8.42 Å². The Kier molecular flexibility index (Phi) is 5.65. The third-order valence-corrected chi connectivity index (χ3v) is 4.70. The van der Waals surface area contributed by atoms with Gasteiger partial charge in [0.15, 0.2) is 0 Å². The smallest absolute Gasteiger partial charge is 0.211 e. The van der Waals surface area contributed by atoms with Gasteiger partial charge in [-0.05, 0) is 36.1 Å². The molecule has 0 aliphatic heterocycles. The second-order valence-electron chi connectivity index (χ2n) is 4.88. The Hall–Kier alpha value is -0.100. The molecule has 1 aromatic rings. The van der Waals surface area contributed by atoms with Crippen LogP contribution >= 0.6 is 27.5 Å². The fourth-order valence-corrected chi connectivity index (χ4v) is 3.77. The maximum atomic E-state index is 12.0. The van der Waals surface area contributed by atoms with Gasteiger partial charge in [0.2, 0.25) is 10.0 Å². The summed E-state index contributed by atoms with van der Waals surface area (Å²) < 4.78 is 26.7. The lowest BCUT2D eigenvalue weighted by Gasteiger charge is -2.23. The van der Waals surface area contributed by atoms with Gasteiger partial charge in [-0.2, -0.15) is 0 Å². The third kappa shape index (κ3) is 4.88. The van der Waals surface area contributed by atoms with Crippen LogP contribution in [0.3, 0.4) is 0 Å². The standard InChI is InChI=1S/C12H17BrClNO2S/c1-12(2,7-8-13)9-15-18(16,17)11-5-3-10(14)4-6-11/h3-6,15H,7-9H2,1-2H3. The average Bonchev–Trinajstić information content (AvgIpc) is 2.27. The quantitative estimate of drug-likeness (QED) is 0.796. The lowest BCUT2D eigenvalue weighted by Crippen LogP contribution is -2.34. The van der Waals surface area contributed by atoms with Crippen LogP contribution in [0.15, 0.2) is 29.2 Å². The SMILES string of the molecule is CC(C)(CCBr)CNS(=O)(=O)c1ccc(Cl)cc1. The zero-order chi connectivity index (χ0) is 13.8. The van der Waals surface area contributed by atoms with E-state index in [2.05, 4.69) is 20.7 Å². The molecule has 0 aliphatic rings. The van der Waals surface area contributed by atoms with Crippen LogP contribution < -0.4 is 4.72 Å². The van der Waals surface area contributed by atoms with Gasteiger partial charge in [-0.1, -0.05) is 41.4 Å². The molecule has 102 valence electrons. The maximum absolute atomic E-state index is 12.0. The van der Waals surface area contributed by atoms with Gasteiger partial charge < -0.3 is 0 Å². The molecule has 0 radical (unpaired) electrons. The highest BCUT2D eigenvalue weighted by atomic mass is 79.9. The second-order valence-corrected chi connectivity index (χ2v) is 7.88. The Morgan fingerprint density at radius 1 is 1.28 bits per heavy atom. The molecule has 18 heavy (non-hydrogen) atoms. The van der Waals surface area contributed by atoms with Gasteiger partial charge in [-0.15, -0.1) is 0 Å². The van der Waals surface area contributed by atoms with Gasteiger partial charge >= 0.3 is 0 Å². The van der Waals surface area contributed by atoms with Gasteiger partial charge in [-0.25, -0.2) is 13.1 Å². The third-order valence-electron chi connectivity index (χ3n) is 2.64. The van der Waals surface area contributed by atoms with E-state index in [1.54, 1.807) is 12.1 Å². The number of nitrogens with one attached hydrogen (secondary N) is 1. The van der Waals surface area contributed by atoms with Crippen LogP contribution in [0, 0.1) is 5.41 Å². The molecule has 0 aromatic heterocycles. The van der Waals surface area contributed by atoms with E-state index < -0.39 is 10.0 Å². The van der Waals surface area contributed by atoms with Crippen molar-refractivity contribution in [3.05, 3.63) is 29.3 Å². The molecule has 0 amide bonds. The van der Waals surface area contributed by atoms with E-state index >= 15 is 0 Å². The molecule has 1 N–H and O–H groups in total. The summed E-state index contributed by atoms with van der Waals surface area (Å²) in [5.41, 5.74) is -0.0804. The van der Waals surface area contributed by atoms with Crippen LogP contribution in [0.25, 0.3) is 0 Å². The summed E-state index contributed by atoms with van der Waals surface area (Å²) in [6, 6.07) is 6.14. The van der Waals surface area contributed by atoms with E-state index in [-0.39, 0.29) is 10.3 Å². The van der Waals surface area contributed by atoms with Crippen molar-refractivity contribution in [3.8, 4) is 0 Å². The molecule has 0 fully saturated rings. The molecular formula is C12H17BrClNO2S. The Balaban J connectivity index is 2.74. The maximum Gasteiger partial charge on any atom is 0.240 e. The summed E-state index contributed by atoms with van der Waals surface area (Å²) in [7, 11) is -3.45. The monoisotopic (exact) mass is 353 g/mol. The number of hydrogen-bond donors (Lipinski definition) is 1. The van der Waals surface area contributed by atoms with Crippen LogP contribution in [-0.2, 0) is 10.0 Å². The number of sulfonamides is 1. The van der Waals surface area contributed by atoms with Crippen molar-refractivity contribution in [3.63, 3.8) is 0 Å². The summed E-state index contributed by atoms with van der Waals surface area (Å²) in [5.74, 6) is 0. The zero-order valence-corrected chi connectivity index (χ0v) is 13.6. The molecule has 0 saturated heterocycles. The number of halogens is 2. The van der Waals surface area contributed by atoms with Gasteiger partial charge in [-0.3, -0.25) is 0 Å². The molecule has 6 heteroatoms. The lowest BCUT2D eigenvalue weighted by molar-refractivity contribution is 0.354. The highest BCUT2D eigenvalue weighted by Gasteiger charge is 2.21. The first-order chi connectivity index (χ1) is 8.27. The molecule has 0 heterocycles. The highest BCUT2D eigenvalue weighted by molar-refractivity contribution is 9.09.